The lowest BCUT2D eigenvalue weighted by Crippen LogP contribution is -2.48. The minimum atomic E-state index is -0.0768. The standard InChI is InChI=1S/C18H31N5O2/c1-6-15(7-2)23-13(3)16(12-19-23)17(24)22-10-8-14(9-11-22)20-18(25)21(4)5/h12,14-15H,6-11H2,1-5H3,(H,20,25). The molecule has 0 aromatic carbocycles. The fourth-order valence-corrected chi connectivity index (χ4v) is 3.34. The lowest BCUT2D eigenvalue weighted by Gasteiger charge is -2.33. The molecule has 7 nitrogen and oxygen atoms in total. The van der Waals surface area contributed by atoms with Gasteiger partial charge in [-0.15, -0.1) is 0 Å². The zero-order valence-corrected chi connectivity index (χ0v) is 16.1. The van der Waals surface area contributed by atoms with Crippen molar-refractivity contribution in [2.75, 3.05) is 27.2 Å². The molecule has 0 spiro atoms. The molecule has 140 valence electrons. The van der Waals surface area contributed by atoms with Gasteiger partial charge in [0.1, 0.15) is 0 Å². The van der Waals surface area contributed by atoms with Crippen molar-refractivity contribution in [3.05, 3.63) is 17.5 Å². The number of urea groups is 1. The molecule has 1 aromatic heterocycles. The van der Waals surface area contributed by atoms with Crippen LogP contribution in [0.15, 0.2) is 6.20 Å². The smallest absolute Gasteiger partial charge is 0.317 e. The summed E-state index contributed by atoms with van der Waals surface area (Å²) in [4.78, 5) is 28.0. The Kier molecular flexibility index (Phi) is 6.45. The van der Waals surface area contributed by atoms with E-state index in [0.717, 1.165) is 31.4 Å². The van der Waals surface area contributed by atoms with Crippen LogP contribution in [-0.2, 0) is 0 Å². The summed E-state index contributed by atoms with van der Waals surface area (Å²) >= 11 is 0. The number of piperidine rings is 1. The summed E-state index contributed by atoms with van der Waals surface area (Å²) in [5, 5.41) is 7.45. The molecule has 0 unspecified atom stereocenters. The molecule has 25 heavy (non-hydrogen) atoms. The molecule has 1 aromatic rings. The van der Waals surface area contributed by atoms with Crippen molar-refractivity contribution in [1.29, 1.82) is 0 Å². The van der Waals surface area contributed by atoms with Crippen molar-refractivity contribution in [1.82, 2.24) is 24.9 Å². The summed E-state index contributed by atoms with van der Waals surface area (Å²) in [7, 11) is 3.46. The van der Waals surface area contributed by atoms with Crippen molar-refractivity contribution in [3.63, 3.8) is 0 Å². The second-order valence-electron chi connectivity index (χ2n) is 6.97. The number of nitrogens with zero attached hydrogens (tertiary/aromatic N) is 4. The number of hydrogen-bond donors (Lipinski definition) is 1. The summed E-state index contributed by atoms with van der Waals surface area (Å²) in [5.74, 6) is 0.0482. The maximum atomic E-state index is 12.8. The van der Waals surface area contributed by atoms with Gasteiger partial charge < -0.3 is 15.1 Å². The van der Waals surface area contributed by atoms with Crippen LogP contribution in [0.3, 0.4) is 0 Å². The molecule has 7 heteroatoms. The summed E-state index contributed by atoms with van der Waals surface area (Å²) in [6.07, 6.45) is 5.28. The topological polar surface area (TPSA) is 70.5 Å². The molecule has 1 aliphatic heterocycles. The minimum absolute atomic E-state index is 0.0482. The molecule has 1 N–H and O–H groups in total. The Labute approximate surface area is 150 Å². The second kappa shape index (κ2) is 8.36. The lowest BCUT2D eigenvalue weighted by atomic mass is 10.0. The van der Waals surface area contributed by atoms with E-state index < -0.39 is 0 Å². The van der Waals surface area contributed by atoms with E-state index in [1.807, 2.05) is 16.5 Å². The highest BCUT2D eigenvalue weighted by Crippen LogP contribution is 2.21. The number of aromatic nitrogens is 2. The Morgan fingerprint density at radius 3 is 2.40 bits per heavy atom. The Hall–Kier alpha value is -2.05. The van der Waals surface area contributed by atoms with Crippen LogP contribution in [0, 0.1) is 6.92 Å². The first-order valence-corrected chi connectivity index (χ1v) is 9.20. The summed E-state index contributed by atoms with van der Waals surface area (Å²) in [6, 6.07) is 0.396. The van der Waals surface area contributed by atoms with Gasteiger partial charge in [0, 0.05) is 38.9 Å². The van der Waals surface area contributed by atoms with Crippen LogP contribution >= 0.6 is 0 Å². The molecule has 2 heterocycles. The SMILES string of the molecule is CCC(CC)n1ncc(C(=O)N2CCC(NC(=O)N(C)C)CC2)c1C. The highest BCUT2D eigenvalue weighted by molar-refractivity contribution is 5.95. The number of likely N-dealkylation sites (tertiary alicyclic amines) is 1. The highest BCUT2D eigenvalue weighted by atomic mass is 16.2. The number of amides is 3. The zero-order valence-electron chi connectivity index (χ0n) is 16.1. The van der Waals surface area contributed by atoms with E-state index in [-0.39, 0.29) is 18.0 Å². The Balaban J connectivity index is 1.98. The van der Waals surface area contributed by atoms with Crippen LogP contribution < -0.4 is 5.32 Å². The predicted octanol–water partition coefficient (Wildman–Crippen LogP) is 2.43. The summed E-state index contributed by atoms with van der Waals surface area (Å²) < 4.78 is 1.98. The van der Waals surface area contributed by atoms with E-state index in [2.05, 4.69) is 24.3 Å². The molecule has 3 amide bonds. The average Bonchev–Trinajstić information content (AvgIpc) is 2.97. The second-order valence-corrected chi connectivity index (χ2v) is 6.97. The Morgan fingerprint density at radius 2 is 1.88 bits per heavy atom. The maximum absolute atomic E-state index is 12.8. The minimum Gasteiger partial charge on any atom is -0.338 e. The monoisotopic (exact) mass is 349 g/mol. The molecule has 2 rings (SSSR count). The van der Waals surface area contributed by atoms with Gasteiger partial charge in [-0.05, 0) is 32.6 Å². The maximum Gasteiger partial charge on any atom is 0.317 e. The van der Waals surface area contributed by atoms with E-state index in [0.29, 0.717) is 24.7 Å². The number of carbonyl (C=O) groups excluding carboxylic acids is 2. The van der Waals surface area contributed by atoms with E-state index in [1.54, 1.807) is 20.3 Å². The molecule has 0 radical (unpaired) electrons. The third-order valence-corrected chi connectivity index (χ3v) is 5.08. The van der Waals surface area contributed by atoms with Crippen LogP contribution in [0.1, 0.15) is 61.6 Å². The van der Waals surface area contributed by atoms with E-state index >= 15 is 0 Å². The molecular weight excluding hydrogens is 318 g/mol. The van der Waals surface area contributed by atoms with Crippen molar-refractivity contribution in [3.8, 4) is 0 Å². The number of rotatable bonds is 5. The fourth-order valence-electron chi connectivity index (χ4n) is 3.34. The first kappa shape index (κ1) is 19.3. The van der Waals surface area contributed by atoms with Crippen LogP contribution in [0.2, 0.25) is 0 Å². The van der Waals surface area contributed by atoms with Crippen LogP contribution in [0.4, 0.5) is 4.79 Å². The molecule has 1 saturated heterocycles. The van der Waals surface area contributed by atoms with Gasteiger partial charge >= 0.3 is 6.03 Å². The Morgan fingerprint density at radius 1 is 1.28 bits per heavy atom. The van der Waals surface area contributed by atoms with Crippen molar-refractivity contribution >= 4 is 11.9 Å². The normalized spacial score (nSPS) is 15.5. The highest BCUT2D eigenvalue weighted by Gasteiger charge is 2.27. The summed E-state index contributed by atoms with van der Waals surface area (Å²) in [5.41, 5.74) is 1.64. The molecule has 0 aliphatic carbocycles. The third kappa shape index (κ3) is 4.32. The fraction of sp³-hybridized carbons (Fsp3) is 0.722. The first-order valence-electron chi connectivity index (χ1n) is 9.20. The molecule has 1 fully saturated rings. The number of nitrogens with one attached hydrogen (secondary N) is 1. The van der Waals surface area contributed by atoms with Gasteiger partial charge in [-0.2, -0.15) is 5.10 Å². The van der Waals surface area contributed by atoms with Gasteiger partial charge in [0.05, 0.1) is 17.8 Å². The number of hydrogen-bond acceptors (Lipinski definition) is 3. The van der Waals surface area contributed by atoms with Gasteiger partial charge in [-0.1, -0.05) is 13.8 Å². The molecule has 0 bridgehead atoms. The van der Waals surface area contributed by atoms with Crippen molar-refractivity contribution < 1.29 is 9.59 Å². The largest absolute Gasteiger partial charge is 0.338 e. The molecular formula is C18H31N5O2. The van der Waals surface area contributed by atoms with Gasteiger partial charge in [0.15, 0.2) is 0 Å². The van der Waals surface area contributed by atoms with Gasteiger partial charge in [-0.25, -0.2) is 4.79 Å². The van der Waals surface area contributed by atoms with Gasteiger partial charge in [0.2, 0.25) is 0 Å². The third-order valence-electron chi connectivity index (χ3n) is 5.08. The molecule has 1 aliphatic rings. The zero-order chi connectivity index (χ0) is 18.6. The molecule has 0 atom stereocenters. The lowest BCUT2D eigenvalue weighted by molar-refractivity contribution is 0.0706. The first-order chi connectivity index (χ1) is 11.9. The van der Waals surface area contributed by atoms with Gasteiger partial charge in [-0.3, -0.25) is 9.48 Å². The van der Waals surface area contributed by atoms with Crippen LogP contribution in [0.5, 0.6) is 0 Å². The quantitative estimate of drug-likeness (QED) is 0.887. The summed E-state index contributed by atoms with van der Waals surface area (Å²) in [6.45, 7) is 7.58. The van der Waals surface area contributed by atoms with Crippen molar-refractivity contribution in [2.45, 2.75) is 58.5 Å². The molecule has 0 saturated carbocycles. The van der Waals surface area contributed by atoms with E-state index in [1.165, 1.54) is 4.90 Å². The van der Waals surface area contributed by atoms with Crippen molar-refractivity contribution in [2.24, 2.45) is 0 Å². The predicted molar refractivity (Wildman–Crippen MR) is 97.7 cm³/mol. The Bertz CT molecular complexity index is 599. The van der Waals surface area contributed by atoms with E-state index in [9.17, 15) is 9.59 Å². The van der Waals surface area contributed by atoms with E-state index in [4.69, 9.17) is 0 Å². The number of carbonyl (C=O) groups is 2. The van der Waals surface area contributed by atoms with Gasteiger partial charge in [0.25, 0.3) is 5.91 Å². The average molecular weight is 349 g/mol. The van der Waals surface area contributed by atoms with Crippen LogP contribution in [0.25, 0.3) is 0 Å². The van der Waals surface area contributed by atoms with Crippen LogP contribution in [-0.4, -0.2) is 64.7 Å².